The second kappa shape index (κ2) is 6.73. The minimum atomic E-state index is -4.04. The van der Waals surface area contributed by atoms with Crippen LogP contribution >= 0.6 is 0 Å². The Kier molecular flexibility index (Phi) is 5.59. The van der Waals surface area contributed by atoms with Gasteiger partial charge in [0, 0.05) is 30.9 Å². The van der Waals surface area contributed by atoms with Crippen LogP contribution in [0.4, 0.5) is 13.2 Å². The second-order valence-electron chi connectivity index (χ2n) is 4.60. The molecular formula is C13H19F3N2. The van der Waals surface area contributed by atoms with Gasteiger partial charge in [0.2, 0.25) is 0 Å². The van der Waals surface area contributed by atoms with E-state index in [0.29, 0.717) is 13.0 Å². The molecule has 0 aromatic carbocycles. The fourth-order valence-corrected chi connectivity index (χ4v) is 1.61. The first-order valence-corrected chi connectivity index (χ1v) is 6.08. The van der Waals surface area contributed by atoms with Crippen molar-refractivity contribution in [3.8, 4) is 0 Å². The summed E-state index contributed by atoms with van der Waals surface area (Å²) in [5.41, 5.74) is 2.00. The molecule has 18 heavy (non-hydrogen) atoms. The fraction of sp³-hybridized carbons (Fsp3) is 0.615. The van der Waals surface area contributed by atoms with E-state index in [4.69, 9.17) is 0 Å². The molecule has 0 aliphatic carbocycles. The minimum Gasteiger partial charge on any atom is -0.310 e. The smallest absolute Gasteiger partial charge is 0.310 e. The standard InChI is InChI=1S/C13H19F3N2/c1-10(4-3-7-13(14,15)16)17-8-12-6-5-11(2)18-9-12/h5-6,9-10,17H,3-4,7-8H2,1-2H3. The van der Waals surface area contributed by atoms with Crippen molar-refractivity contribution in [2.75, 3.05) is 0 Å². The summed E-state index contributed by atoms with van der Waals surface area (Å²) in [7, 11) is 0. The van der Waals surface area contributed by atoms with Gasteiger partial charge < -0.3 is 5.32 Å². The number of rotatable bonds is 6. The molecule has 1 aromatic heterocycles. The van der Waals surface area contributed by atoms with Crippen LogP contribution in [0.15, 0.2) is 18.3 Å². The van der Waals surface area contributed by atoms with Gasteiger partial charge in [0.15, 0.2) is 0 Å². The Balaban J connectivity index is 2.21. The van der Waals surface area contributed by atoms with Crippen LogP contribution in [0.2, 0.25) is 0 Å². The first-order valence-electron chi connectivity index (χ1n) is 6.08. The molecule has 102 valence electrons. The number of hydrogen-bond donors (Lipinski definition) is 1. The van der Waals surface area contributed by atoms with E-state index in [-0.39, 0.29) is 12.5 Å². The van der Waals surface area contributed by atoms with E-state index in [0.717, 1.165) is 11.3 Å². The van der Waals surface area contributed by atoms with Crippen molar-refractivity contribution in [1.29, 1.82) is 0 Å². The van der Waals surface area contributed by atoms with Crippen molar-refractivity contribution in [1.82, 2.24) is 10.3 Å². The molecule has 0 bridgehead atoms. The minimum absolute atomic E-state index is 0.0775. The molecule has 0 aliphatic rings. The monoisotopic (exact) mass is 260 g/mol. The zero-order chi connectivity index (χ0) is 13.6. The van der Waals surface area contributed by atoms with E-state index in [1.165, 1.54) is 0 Å². The molecule has 1 aromatic rings. The summed E-state index contributed by atoms with van der Waals surface area (Å²) >= 11 is 0. The molecule has 0 radical (unpaired) electrons. The average molecular weight is 260 g/mol. The van der Waals surface area contributed by atoms with Crippen LogP contribution < -0.4 is 5.32 Å². The van der Waals surface area contributed by atoms with Crippen molar-refractivity contribution in [2.24, 2.45) is 0 Å². The van der Waals surface area contributed by atoms with Crippen LogP contribution in [-0.4, -0.2) is 17.2 Å². The molecule has 0 amide bonds. The van der Waals surface area contributed by atoms with Gasteiger partial charge in [-0.15, -0.1) is 0 Å². The van der Waals surface area contributed by atoms with E-state index >= 15 is 0 Å². The highest BCUT2D eigenvalue weighted by Crippen LogP contribution is 2.22. The summed E-state index contributed by atoms with van der Waals surface area (Å²) in [6.45, 7) is 4.45. The maximum Gasteiger partial charge on any atom is 0.389 e. The molecule has 1 unspecified atom stereocenters. The quantitative estimate of drug-likeness (QED) is 0.845. The Morgan fingerprint density at radius 3 is 2.61 bits per heavy atom. The Morgan fingerprint density at radius 1 is 1.33 bits per heavy atom. The fourth-order valence-electron chi connectivity index (χ4n) is 1.61. The molecular weight excluding hydrogens is 241 g/mol. The third kappa shape index (κ3) is 6.59. The van der Waals surface area contributed by atoms with Gasteiger partial charge in [0.05, 0.1) is 0 Å². The van der Waals surface area contributed by atoms with Crippen LogP contribution in [0.3, 0.4) is 0 Å². The molecule has 0 aliphatic heterocycles. The lowest BCUT2D eigenvalue weighted by Crippen LogP contribution is -2.25. The molecule has 1 rings (SSSR count). The number of aromatic nitrogens is 1. The highest BCUT2D eigenvalue weighted by atomic mass is 19.4. The third-order valence-corrected chi connectivity index (χ3v) is 2.72. The summed E-state index contributed by atoms with van der Waals surface area (Å²) in [6.07, 6.45) is -2.26. The number of pyridine rings is 1. The predicted octanol–water partition coefficient (Wildman–Crippen LogP) is 3.60. The molecule has 1 atom stereocenters. The van der Waals surface area contributed by atoms with Gasteiger partial charge in [-0.1, -0.05) is 6.07 Å². The van der Waals surface area contributed by atoms with Crippen LogP contribution in [0, 0.1) is 6.92 Å². The Bertz CT molecular complexity index is 346. The maximum atomic E-state index is 12.0. The number of nitrogens with zero attached hydrogens (tertiary/aromatic N) is 1. The predicted molar refractivity (Wildman–Crippen MR) is 65.2 cm³/mol. The molecule has 2 nitrogen and oxygen atoms in total. The Hall–Kier alpha value is -1.10. The highest BCUT2D eigenvalue weighted by molar-refractivity contribution is 5.12. The van der Waals surface area contributed by atoms with Crippen molar-refractivity contribution in [3.05, 3.63) is 29.6 Å². The first kappa shape index (κ1) is 15.0. The lowest BCUT2D eigenvalue weighted by molar-refractivity contribution is -0.135. The summed E-state index contributed by atoms with van der Waals surface area (Å²) in [4.78, 5) is 4.16. The van der Waals surface area contributed by atoms with Gasteiger partial charge in [-0.25, -0.2) is 0 Å². The molecule has 0 fully saturated rings. The number of aryl methyl sites for hydroxylation is 1. The molecule has 0 saturated heterocycles. The van der Waals surface area contributed by atoms with Gasteiger partial charge in [-0.3, -0.25) is 4.98 Å². The first-order chi connectivity index (χ1) is 8.37. The average Bonchev–Trinajstić information content (AvgIpc) is 2.26. The summed E-state index contributed by atoms with van der Waals surface area (Å²) in [5.74, 6) is 0. The van der Waals surface area contributed by atoms with Crippen molar-refractivity contribution >= 4 is 0 Å². The Morgan fingerprint density at radius 2 is 2.06 bits per heavy atom. The summed E-state index contributed by atoms with van der Waals surface area (Å²) < 4.78 is 35.9. The van der Waals surface area contributed by atoms with Crippen LogP contribution in [0.25, 0.3) is 0 Å². The van der Waals surface area contributed by atoms with Crippen LogP contribution in [-0.2, 0) is 6.54 Å². The van der Waals surface area contributed by atoms with Crippen LogP contribution in [0.5, 0.6) is 0 Å². The Labute approximate surface area is 106 Å². The van der Waals surface area contributed by atoms with Gasteiger partial charge in [0.1, 0.15) is 0 Å². The molecule has 0 saturated carbocycles. The lowest BCUT2D eigenvalue weighted by Gasteiger charge is -2.14. The number of nitrogens with one attached hydrogen (secondary N) is 1. The zero-order valence-electron chi connectivity index (χ0n) is 10.7. The summed E-state index contributed by atoms with van der Waals surface area (Å²) in [6, 6.07) is 3.97. The summed E-state index contributed by atoms with van der Waals surface area (Å²) in [5, 5.41) is 3.20. The van der Waals surface area contributed by atoms with Crippen molar-refractivity contribution < 1.29 is 13.2 Å². The van der Waals surface area contributed by atoms with E-state index in [9.17, 15) is 13.2 Å². The van der Waals surface area contributed by atoms with Gasteiger partial charge in [-0.2, -0.15) is 13.2 Å². The van der Waals surface area contributed by atoms with E-state index < -0.39 is 12.6 Å². The maximum absolute atomic E-state index is 12.0. The van der Waals surface area contributed by atoms with Gasteiger partial charge in [0.25, 0.3) is 0 Å². The van der Waals surface area contributed by atoms with Gasteiger partial charge in [-0.05, 0) is 38.3 Å². The molecule has 1 N–H and O–H groups in total. The number of alkyl halides is 3. The topological polar surface area (TPSA) is 24.9 Å². The highest BCUT2D eigenvalue weighted by Gasteiger charge is 2.26. The van der Waals surface area contributed by atoms with E-state index in [1.54, 1.807) is 6.20 Å². The number of hydrogen-bond acceptors (Lipinski definition) is 2. The third-order valence-electron chi connectivity index (χ3n) is 2.72. The van der Waals surface area contributed by atoms with Gasteiger partial charge >= 0.3 is 6.18 Å². The second-order valence-corrected chi connectivity index (χ2v) is 4.60. The molecule has 1 heterocycles. The normalized spacial score (nSPS) is 13.6. The lowest BCUT2D eigenvalue weighted by atomic mass is 10.1. The molecule has 5 heteroatoms. The largest absolute Gasteiger partial charge is 0.389 e. The number of halogens is 3. The van der Waals surface area contributed by atoms with Crippen molar-refractivity contribution in [2.45, 2.75) is 51.9 Å². The van der Waals surface area contributed by atoms with E-state index in [2.05, 4.69) is 10.3 Å². The zero-order valence-corrected chi connectivity index (χ0v) is 10.7. The SMILES string of the molecule is Cc1ccc(CNC(C)CCCC(F)(F)F)cn1. The van der Waals surface area contributed by atoms with Crippen molar-refractivity contribution in [3.63, 3.8) is 0 Å². The van der Waals surface area contributed by atoms with E-state index in [1.807, 2.05) is 26.0 Å². The van der Waals surface area contributed by atoms with Crippen LogP contribution in [0.1, 0.15) is 37.4 Å². The molecule has 0 spiro atoms.